The summed E-state index contributed by atoms with van der Waals surface area (Å²) in [7, 11) is 1.56. The van der Waals surface area contributed by atoms with Crippen LogP contribution in [0.1, 0.15) is 33.6 Å². The number of likely N-dealkylation sites (tertiary alicyclic amines) is 1. The highest BCUT2D eigenvalue weighted by atomic mass is 35.5. The van der Waals surface area contributed by atoms with Crippen LogP contribution in [0.5, 0.6) is 0 Å². The van der Waals surface area contributed by atoms with E-state index in [0.717, 1.165) is 0 Å². The standard InChI is InChI=1S/C24H28ClN3O4/c1-32-16-13-26-23(30)21(27-22(29)18-5-3-2-4-6-18)17-11-14-28(15-12-17)24(31)19-7-9-20(25)10-8-19/h2-10,17,21H,11-16H2,1H3,(H,26,30)(H,27,29). The van der Waals surface area contributed by atoms with Crippen molar-refractivity contribution in [1.29, 1.82) is 0 Å². The minimum absolute atomic E-state index is 0.0606. The number of carbonyl (C=O) groups excluding carboxylic acids is 3. The van der Waals surface area contributed by atoms with E-state index in [4.69, 9.17) is 16.3 Å². The molecule has 32 heavy (non-hydrogen) atoms. The number of rotatable bonds is 8. The van der Waals surface area contributed by atoms with E-state index in [9.17, 15) is 14.4 Å². The Labute approximate surface area is 193 Å². The molecule has 0 radical (unpaired) electrons. The fourth-order valence-corrected chi connectivity index (χ4v) is 3.93. The molecule has 1 atom stereocenters. The van der Waals surface area contributed by atoms with Gasteiger partial charge < -0.3 is 20.3 Å². The Morgan fingerprint density at radius 2 is 1.69 bits per heavy atom. The average Bonchev–Trinajstić information content (AvgIpc) is 2.83. The molecule has 3 amide bonds. The second kappa shape index (κ2) is 11.6. The van der Waals surface area contributed by atoms with Gasteiger partial charge in [0, 0.05) is 42.9 Å². The van der Waals surface area contributed by atoms with Crippen molar-refractivity contribution in [3.05, 3.63) is 70.7 Å². The maximum absolute atomic E-state index is 12.9. The normalized spacial score (nSPS) is 15.1. The summed E-state index contributed by atoms with van der Waals surface area (Å²) in [4.78, 5) is 40.2. The summed E-state index contributed by atoms with van der Waals surface area (Å²) >= 11 is 5.91. The zero-order chi connectivity index (χ0) is 22.9. The van der Waals surface area contributed by atoms with E-state index in [1.807, 2.05) is 6.07 Å². The minimum atomic E-state index is -0.688. The minimum Gasteiger partial charge on any atom is -0.383 e. The number of hydrogen-bond donors (Lipinski definition) is 2. The van der Waals surface area contributed by atoms with Crippen LogP contribution in [0.4, 0.5) is 0 Å². The molecule has 2 N–H and O–H groups in total. The van der Waals surface area contributed by atoms with Gasteiger partial charge in [-0.1, -0.05) is 29.8 Å². The Bertz CT molecular complexity index is 913. The molecule has 1 fully saturated rings. The zero-order valence-corrected chi connectivity index (χ0v) is 18.8. The third-order valence-corrected chi connectivity index (χ3v) is 5.85. The highest BCUT2D eigenvalue weighted by Gasteiger charge is 2.34. The van der Waals surface area contributed by atoms with E-state index in [2.05, 4.69) is 10.6 Å². The van der Waals surface area contributed by atoms with Gasteiger partial charge in [-0.3, -0.25) is 14.4 Å². The summed E-state index contributed by atoms with van der Waals surface area (Å²) in [5.41, 5.74) is 1.08. The van der Waals surface area contributed by atoms with Gasteiger partial charge in [-0.15, -0.1) is 0 Å². The first-order valence-electron chi connectivity index (χ1n) is 10.7. The Morgan fingerprint density at radius 1 is 1.03 bits per heavy atom. The molecule has 2 aromatic carbocycles. The molecule has 7 nitrogen and oxygen atoms in total. The molecule has 2 aromatic rings. The monoisotopic (exact) mass is 457 g/mol. The quantitative estimate of drug-likeness (QED) is 0.597. The van der Waals surface area contributed by atoms with Crippen LogP contribution in [-0.2, 0) is 9.53 Å². The third kappa shape index (κ3) is 6.31. The number of methoxy groups -OCH3 is 1. The fourth-order valence-electron chi connectivity index (χ4n) is 3.81. The van der Waals surface area contributed by atoms with Crippen LogP contribution >= 0.6 is 11.6 Å². The molecular weight excluding hydrogens is 430 g/mol. The lowest BCUT2D eigenvalue weighted by Gasteiger charge is -2.36. The smallest absolute Gasteiger partial charge is 0.253 e. The fraction of sp³-hybridized carbons (Fsp3) is 0.375. The van der Waals surface area contributed by atoms with E-state index in [0.29, 0.717) is 55.2 Å². The molecule has 3 rings (SSSR count). The lowest BCUT2D eigenvalue weighted by atomic mass is 9.88. The van der Waals surface area contributed by atoms with Crippen LogP contribution < -0.4 is 10.6 Å². The lowest BCUT2D eigenvalue weighted by molar-refractivity contribution is -0.124. The van der Waals surface area contributed by atoms with Crippen molar-refractivity contribution >= 4 is 29.3 Å². The van der Waals surface area contributed by atoms with Crippen molar-refractivity contribution in [3.63, 3.8) is 0 Å². The van der Waals surface area contributed by atoms with Crippen LogP contribution in [0.25, 0.3) is 0 Å². The number of nitrogens with one attached hydrogen (secondary N) is 2. The van der Waals surface area contributed by atoms with Crippen molar-refractivity contribution in [3.8, 4) is 0 Å². The molecule has 1 aliphatic heterocycles. The first-order chi connectivity index (χ1) is 15.5. The Balaban J connectivity index is 1.65. The van der Waals surface area contributed by atoms with Crippen molar-refractivity contribution in [2.24, 2.45) is 5.92 Å². The predicted molar refractivity (Wildman–Crippen MR) is 123 cm³/mol. The topological polar surface area (TPSA) is 87.7 Å². The molecular formula is C24H28ClN3O4. The van der Waals surface area contributed by atoms with Crippen LogP contribution in [0.2, 0.25) is 5.02 Å². The molecule has 1 aliphatic rings. The number of hydrogen-bond acceptors (Lipinski definition) is 4. The van der Waals surface area contributed by atoms with Crippen LogP contribution in [0, 0.1) is 5.92 Å². The van der Waals surface area contributed by atoms with Gasteiger partial charge in [0.1, 0.15) is 6.04 Å². The number of benzene rings is 2. The molecule has 0 bridgehead atoms. The van der Waals surface area contributed by atoms with E-state index in [-0.39, 0.29) is 23.6 Å². The summed E-state index contributed by atoms with van der Waals surface area (Å²) < 4.78 is 5.00. The third-order valence-electron chi connectivity index (χ3n) is 5.60. The molecule has 8 heteroatoms. The van der Waals surface area contributed by atoms with Gasteiger partial charge in [-0.25, -0.2) is 0 Å². The second-order valence-electron chi connectivity index (χ2n) is 7.74. The molecule has 1 saturated heterocycles. The van der Waals surface area contributed by atoms with Gasteiger partial charge in [0.05, 0.1) is 6.61 Å². The van der Waals surface area contributed by atoms with Crippen LogP contribution in [0.3, 0.4) is 0 Å². The van der Waals surface area contributed by atoms with Crippen molar-refractivity contribution in [1.82, 2.24) is 15.5 Å². The van der Waals surface area contributed by atoms with E-state index in [1.165, 1.54) is 0 Å². The van der Waals surface area contributed by atoms with Gasteiger partial charge in [-0.2, -0.15) is 0 Å². The van der Waals surface area contributed by atoms with Gasteiger partial charge in [-0.05, 0) is 55.2 Å². The maximum Gasteiger partial charge on any atom is 0.253 e. The van der Waals surface area contributed by atoms with Crippen LogP contribution in [0.15, 0.2) is 54.6 Å². The van der Waals surface area contributed by atoms with Crippen molar-refractivity contribution in [2.45, 2.75) is 18.9 Å². The molecule has 1 heterocycles. The number of nitrogens with zero attached hydrogens (tertiary/aromatic N) is 1. The largest absolute Gasteiger partial charge is 0.383 e. The van der Waals surface area contributed by atoms with Crippen molar-refractivity contribution in [2.75, 3.05) is 33.4 Å². The summed E-state index contributed by atoms with van der Waals surface area (Å²) in [6, 6.07) is 14.9. The lowest BCUT2D eigenvalue weighted by Crippen LogP contribution is -2.54. The van der Waals surface area contributed by atoms with Crippen LogP contribution in [-0.4, -0.2) is 62.0 Å². The van der Waals surface area contributed by atoms with Gasteiger partial charge in [0.25, 0.3) is 11.8 Å². The van der Waals surface area contributed by atoms with Crippen molar-refractivity contribution < 1.29 is 19.1 Å². The SMILES string of the molecule is COCCNC(=O)C(NC(=O)c1ccccc1)C1CCN(C(=O)c2ccc(Cl)cc2)CC1. The van der Waals surface area contributed by atoms with E-state index in [1.54, 1.807) is 60.5 Å². The average molecular weight is 458 g/mol. The van der Waals surface area contributed by atoms with Gasteiger partial charge >= 0.3 is 0 Å². The Morgan fingerprint density at radius 3 is 2.31 bits per heavy atom. The summed E-state index contributed by atoms with van der Waals surface area (Å²) in [5, 5.41) is 6.31. The summed E-state index contributed by atoms with van der Waals surface area (Å²) in [5.74, 6) is -0.681. The number of carbonyl (C=O) groups is 3. The van der Waals surface area contributed by atoms with E-state index < -0.39 is 6.04 Å². The number of amides is 3. The molecule has 170 valence electrons. The highest BCUT2D eigenvalue weighted by Crippen LogP contribution is 2.23. The molecule has 0 saturated carbocycles. The maximum atomic E-state index is 12.9. The van der Waals surface area contributed by atoms with Gasteiger partial charge in [0.2, 0.25) is 5.91 Å². The highest BCUT2D eigenvalue weighted by molar-refractivity contribution is 6.30. The first kappa shape index (κ1) is 23.8. The molecule has 1 unspecified atom stereocenters. The zero-order valence-electron chi connectivity index (χ0n) is 18.1. The summed E-state index contributed by atoms with van der Waals surface area (Å²) in [6.45, 7) is 1.77. The number of piperidine rings is 1. The molecule has 0 aliphatic carbocycles. The molecule has 0 aromatic heterocycles. The van der Waals surface area contributed by atoms with Gasteiger partial charge in [0.15, 0.2) is 0 Å². The Kier molecular flexibility index (Phi) is 8.64. The number of halogens is 1. The Hall–Kier alpha value is -2.90. The summed E-state index contributed by atoms with van der Waals surface area (Å²) in [6.07, 6.45) is 1.22. The number of ether oxygens (including phenoxy) is 1. The van der Waals surface area contributed by atoms with E-state index >= 15 is 0 Å². The predicted octanol–water partition coefficient (Wildman–Crippen LogP) is 2.75. The second-order valence-corrected chi connectivity index (χ2v) is 8.17. The molecule has 0 spiro atoms. The first-order valence-corrected chi connectivity index (χ1v) is 11.0.